The maximum Gasteiger partial charge on any atom is 0.287 e. The van der Waals surface area contributed by atoms with Gasteiger partial charge >= 0.3 is 0 Å². The largest absolute Gasteiger partial charge is 0.451 e. The first-order valence-electron chi connectivity index (χ1n) is 8.87. The Morgan fingerprint density at radius 1 is 0.857 bits per heavy atom. The Hall–Kier alpha value is -2.75. The molecule has 140 valence electrons. The molecule has 5 heteroatoms. The number of amides is 1. The van der Waals surface area contributed by atoms with Crippen LogP contribution >= 0.6 is 23.2 Å². The third-order valence-electron chi connectivity index (χ3n) is 4.54. The van der Waals surface area contributed by atoms with Crippen LogP contribution in [0.4, 0.5) is 0 Å². The average Bonchev–Trinajstić information content (AvgIpc) is 3.07. The van der Waals surface area contributed by atoms with Crippen LogP contribution in [0.3, 0.4) is 0 Å². The summed E-state index contributed by atoms with van der Waals surface area (Å²) in [6, 6.07) is 22.7. The molecule has 0 atom stereocenters. The molecular formula is C23H17Cl2NO2. The summed E-state index contributed by atoms with van der Waals surface area (Å²) in [5.74, 6) is 0.0818. The molecule has 0 spiro atoms. The summed E-state index contributed by atoms with van der Waals surface area (Å²) in [5, 5.41) is 5.18. The van der Waals surface area contributed by atoms with Gasteiger partial charge < -0.3 is 9.73 Å². The second kappa shape index (κ2) is 8.09. The predicted octanol–water partition coefficient (Wildman–Crippen LogP) is 6.26. The van der Waals surface area contributed by atoms with E-state index in [-0.39, 0.29) is 5.91 Å². The number of rotatable bonds is 5. The summed E-state index contributed by atoms with van der Waals surface area (Å²) in [7, 11) is 0. The minimum atomic E-state index is -0.250. The standard InChI is InChI=1S/C23H17Cl2NO2/c24-17-10-8-15(9-11-17)13-20-19-6-1-2-7-21(19)28-22(20)23(27)26-14-16-4-3-5-18(25)12-16/h1-12H,13-14H2,(H,26,27). The molecular weight excluding hydrogens is 393 g/mol. The van der Waals surface area contributed by atoms with E-state index in [1.54, 1.807) is 6.07 Å². The van der Waals surface area contributed by atoms with Gasteiger partial charge in [-0.05, 0) is 41.5 Å². The van der Waals surface area contributed by atoms with Crippen molar-refractivity contribution in [1.29, 1.82) is 0 Å². The zero-order chi connectivity index (χ0) is 19.5. The van der Waals surface area contributed by atoms with Gasteiger partial charge in [-0.15, -0.1) is 0 Å². The summed E-state index contributed by atoms with van der Waals surface area (Å²) >= 11 is 12.0. The molecule has 3 aromatic carbocycles. The monoisotopic (exact) mass is 409 g/mol. The third kappa shape index (κ3) is 4.06. The van der Waals surface area contributed by atoms with Gasteiger partial charge in [-0.1, -0.05) is 65.7 Å². The number of benzene rings is 3. The van der Waals surface area contributed by atoms with Gasteiger partial charge in [0.1, 0.15) is 5.58 Å². The molecule has 0 bridgehead atoms. The summed E-state index contributed by atoms with van der Waals surface area (Å²) in [6.07, 6.45) is 0.577. The van der Waals surface area contributed by atoms with Crippen molar-refractivity contribution in [3.05, 3.63) is 105 Å². The van der Waals surface area contributed by atoms with E-state index in [1.165, 1.54) is 0 Å². The van der Waals surface area contributed by atoms with E-state index in [0.717, 1.165) is 22.1 Å². The van der Waals surface area contributed by atoms with Gasteiger partial charge in [0.15, 0.2) is 5.76 Å². The predicted molar refractivity (Wildman–Crippen MR) is 113 cm³/mol. The first-order chi connectivity index (χ1) is 13.6. The first kappa shape index (κ1) is 18.6. The molecule has 0 saturated carbocycles. The van der Waals surface area contributed by atoms with Crippen molar-refractivity contribution in [3.8, 4) is 0 Å². The van der Waals surface area contributed by atoms with Crippen molar-refractivity contribution < 1.29 is 9.21 Å². The quantitative estimate of drug-likeness (QED) is 0.422. The van der Waals surface area contributed by atoms with Gasteiger partial charge in [0.25, 0.3) is 5.91 Å². The van der Waals surface area contributed by atoms with Gasteiger partial charge in [0.05, 0.1) is 0 Å². The van der Waals surface area contributed by atoms with Crippen molar-refractivity contribution in [2.45, 2.75) is 13.0 Å². The number of carbonyl (C=O) groups is 1. The zero-order valence-electron chi connectivity index (χ0n) is 14.9. The van der Waals surface area contributed by atoms with Gasteiger partial charge in [-0.2, -0.15) is 0 Å². The summed E-state index contributed by atoms with van der Waals surface area (Å²) in [6.45, 7) is 0.372. The molecule has 4 rings (SSSR count). The zero-order valence-corrected chi connectivity index (χ0v) is 16.4. The Morgan fingerprint density at radius 2 is 1.64 bits per heavy atom. The minimum Gasteiger partial charge on any atom is -0.451 e. The molecule has 0 aliphatic heterocycles. The van der Waals surface area contributed by atoms with Crippen molar-refractivity contribution in [2.75, 3.05) is 0 Å². The molecule has 4 aromatic rings. The van der Waals surface area contributed by atoms with Crippen LogP contribution in [0.5, 0.6) is 0 Å². The van der Waals surface area contributed by atoms with Gasteiger partial charge in [-0.25, -0.2) is 0 Å². The van der Waals surface area contributed by atoms with Crippen molar-refractivity contribution in [2.24, 2.45) is 0 Å². The number of nitrogens with one attached hydrogen (secondary N) is 1. The van der Waals surface area contributed by atoms with Crippen molar-refractivity contribution >= 4 is 40.1 Å². The van der Waals surface area contributed by atoms with Crippen LogP contribution in [-0.2, 0) is 13.0 Å². The Labute approximate surface area is 172 Å². The maximum atomic E-state index is 12.9. The smallest absolute Gasteiger partial charge is 0.287 e. The lowest BCUT2D eigenvalue weighted by atomic mass is 10.0. The molecule has 1 N–H and O–H groups in total. The SMILES string of the molecule is O=C(NCc1cccc(Cl)c1)c1oc2ccccc2c1Cc1ccc(Cl)cc1. The lowest BCUT2D eigenvalue weighted by Crippen LogP contribution is -2.23. The summed E-state index contributed by atoms with van der Waals surface area (Å²) in [4.78, 5) is 12.9. The minimum absolute atomic E-state index is 0.250. The van der Waals surface area contributed by atoms with E-state index in [9.17, 15) is 4.79 Å². The van der Waals surface area contributed by atoms with Crippen LogP contribution in [0.2, 0.25) is 10.0 Å². The average molecular weight is 410 g/mol. The molecule has 1 aromatic heterocycles. The number of para-hydroxylation sites is 1. The normalized spacial score (nSPS) is 10.9. The highest BCUT2D eigenvalue weighted by atomic mass is 35.5. The molecule has 0 aliphatic carbocycles. The fourth-order valence-electron chi connectivity index (χ4n) is 3.17. The van der Waals surface area contributed by atoms with Gasteiger partial charge in [0.2, 0.25) is 0 Å². The van der Waals surface area contributed by atoms with Crippen LogP contribution in [0.25, 0.3) is 11.0 Å². The van der Waals surface area contributed by atoms with Crippen molar-refractivity contribution in [3.63, 3.8) is 0 Å². The van der Waals surface area contributed by atoms with Crippen LogP contribution < -0.4 is 5.32 Å². The van der Waals surface area contributed by atoms with Crippen LogP contribution in [0, 0.1) is 0 Å². The van der Waals surface area contributed by atoms with E-state index in [1.807, 2.05) is 66.7 Å². The highest BCUT2D eigenvalue weighted by Crippen LogP contribution is 2.28. The van der Waals surface area contributed by atoms with E-state index in [2.05, 4.69) is 5.32 Å². The highest BCUT2D eigenvalue weighted by Gasteiger charge is 2.20. The second-order valence-corrected chi connectivity index (χ2v) is 7.39. The number of furan rings is 1. The number of halogens is 2. The molecule has 0 radical (unpaired) electrons. The van der Waals surface area contributed by atoms with E-state index in [0.29, 0.717) is 34.4 Å². The molecule has 0 fully saturated rings. The van der Waals surface area contributed by atoms with E-state index in [4.69, 9.17) is 27.6 Å². The Bertz CT molecular complexity index is 1130. The number of hydrogen-bond acceptors (Lipinski definition) is 2. The summed E-state index contributed by atoms with van der Waals surface area (Å²) in [5.41, 5.74) is 3.54. The molecule has 3 nitrogen and oxygen atoms in total. The van der Waals surface area contributed by atoms with E-state index >= 15 is 0 Å². The van der Waals surface area contributed by atoms with Gasteiger partial charge in [0, 0.05) is 34.0 Å². The fraction of sp³-hybridized carbons (Fsp3) is 0.0870. The van der Waals surface area contributed by atoms with Crippen molar-refractivity contribution in [1.82, 2.24) is 5.32 Å². The number of carbonyl (C=O) groups excluding carboxylic acids is 1. The number of fused-ring (bicyclic) bond motifs is 1. The lowest BCUT2D eigenvalue weighted by molar-refractivity contribution is 0.0924. The molecule has 0 saturated heterocycles. The second-order valence-electron chi connectivity index (χ2n) is 6.52. The Balaban J connectivity index is 1.63. The Kier molecular flexibility index (Phi) is 5.38. The first-order valence-corrected chi connectivity index (χ1v) is 9.63. The maximum absolute atomic E-state index is 12.9. The molecule has 1 amide bonds. The van der Waals surface area contributed by atoms with Crippen LogP contribution in [-0.4, -0.2) is 5.91 Å². The molecule has 0 unspecified atom stereocenters. The fourth-order valence-corrected chi connectivity index (χ4v) is 3.51. The van der Waals surface area contributed by atoms with Gasteiger partial charge in [-0.3, -0.25) is 4.79 Å². The molecule has 28 heavy (non-hydrogen) atoms. The molecule has 0 aliphatic rings. The molecule has 1 heterocycles. The third-order valence-corrected chi connectivity index (χ3v) is 5.03. The summed E-state index contributed by atoms with van der Waals surface area (Å²) < 4.78 is 5.90. The van der Waals surface area contributed by atoms with E-state index < -0.39 is 0 Å². The van der Waals surface area contributed by atoms with Crippen LogP contribution in [0.15, 0.2) is 77.2 Å². The number of hydrogen-bond donors (Lipinski definition) is 1. The Morgan fingerprint density at radius 3 is 2.43 bits per heavy atom. The highest BCUT2D eigenvalue weighted by molar-refractivity contribution is 6.30. The van der Waals surface area contributed by atoms with Crippen LogP contribution in [0.1, 0.15) is 27.2 Å². The topological polar surface area (TPSA) is 42.2 Å². The lowest BCUT2D eigenvalue weighted by Gasteiger charge is -2.07.